The largest absolute Gasteiger partial charge is 0.506 e. The van der Waals surface area contributed by atoms with E-state index in [1.54, 1.807) is 24.3 Å². The fraction of sp³-hybridized carbons (Fsp3) is 0.348. The lowest BCUT2D eigenvalue weighted by Gasteiger charge is -2.48. The molecule has 0 spiro atoms. The maximum absolute atomic E-state index is 13.7. The number of aryl methyl sites for hydroxylation is 1. The van der Waals surface area contributed by atoms with Crippen LogP contribution in [0.5, 0.6) is 5.75 Å². The molecule has 3 aliphatic rings. The van der Waals surface area contributed by atoms with Crippen LogP contribution < -0.4 is 16.2 Å². The van der Waals surface area contributed by atoms with E-state index in [4.69, 9.17) is 9.47 Å². The first-order chi connectivity index (χ1) is 28.6. The molecule has 6 heterocycles. The van der Waals surface area contributed by atoms with Gasteiger partial charge in [-0.2, -0.15) is 0 Å². The van der Waals surface area contributed by atoms with Crippen molar-refractivity contribution in [1.29, 1.82) is 0 Å². The number of carbonyl (C=O) groups is 1. The monoisotopic (exact) mass is 833 g/mol. The Labute approximate surface area is 350 Å². The summed E-state index contributed by atoms with van der Waals surface area (Å²) in [6, 6.07) is 31.0. The molecular formula is C46H49N4O7S2+. The van der Waals surface area contributed by atoms with Crippen molar-refractivity contribution in [2.45, 2.75) is 74.2 Å². The molecule has 13 heteroatoms. The van der Waals surface area contributed by atoms with Gasteiger partial charge in [0.2, 0.25) is 11.2 Å². The molecule has 3 saturated heterocycles. The fourth-order valence-electron chi connectivity index (χ4n) is 9.44. The molecule has 2 bridgehead atoms. The number of aliphatic hydroxyl groups excluding tert-OH is 1. The summed E-state index contributed by atoms with van der Waals surface area (Å²) >= 11 is 2.73. The van der Waals surface area contributed by atoms with Crippen molar-refractivity contribution in [2.75, 3.05) is 32.0 Å². The van der Waals surface area contributed by atoms with E-state index >= 15 is 0 Å². The summed E-state index contributed by atoms with van der Waals surface area (Å²) in [5.41, 5.74) is 3.37. The zero-order valence-electron chi connectivity index (χ0n) is 32.8. The van der Waals surface area contributed by atoms with Gasteiger partial charge in [0.1, 0.15) is 36.1 Å². The van der Waals surface area contributed by atoms with Gasteiger partial charge in [0, 0.05) is 48.6 Å². The number of nitrogens with one attached hydrogen (secondary N) is 3. The molecule has 3 aromatic carbocycles. The van der Waals surface area contributed by atoms with E-state index in [0.717, 1.165) is 54.5 Å². The van der Waals surface area contributed by atoms with Crippen molar-refractivity contribution in [3.05, 3.63) is 145 Å². The number of H-pyrrole nitrogens is 1. The SMILES string of the molecule is C[N+]1(CCCc2ccc(Nc3ccc(CCNC[C@H](O)c4ccc(O)c5[nH]c(=O)ccc45)cc3)cc2)C2CC(OC(=O)C(O)(c3cccs3)c3cccs3)CC1C1OC12. The number of morpholine rings is 1. The molecule has 0 aliphatic carbocycles. The molecule has 11 nitrogen and oxygen atoms in total. The lowest BCUT2D eigenvalue weighted by atomic mass is 9.93. The third-order valence-corrected chi connectivity index (χ3v) is 14.6. The van der Waals surface area contributed by atoms with Gasteiger partial charge in [-0.1, -0.05) is 42.5 Å². The van der Waals surface area contributed by atoms with Crippen LogP contribution >= 0.6 is 22.7 Å². The maximum atomic E-state index is 13.7. The van der Waals surface area contributed by atoms with E-state index in [2.05, 4.69) is 71.2 Å². The number of fused-ring (bicyclic) bond motifs is 6. The van der Waals surface area contributed by atoms with Gasteiger partial charge in [0.15, 0.2) is 0 Å². The highest BCUT2D eigenvalue weighted by atomic mass is 32.1. The number of quaternary nitrogens is 1. The van der Waals surface area contributed by atoms with E-state index in [1.807, 2.05) is 22.9 Å². The van der Waals surface area contributed by atoms with Gasteiger partial charge in [0.25, 0.3) is 0 Å². The van der Waals surface area contributed by atoms with Crippen LogP contribution in [0.1, 0.15) is 51.8 Å². The number of aromatic amines is 1. The number of esters is 1. The van der Waals surface area contributed by atoms with Crippen LogP contribution in [-0.2, 0) is 32.7 Å². The number of nitrogens with zero attached hydrogens (tertiary/aromatic N) is 1. The summed E-state index contributed by atoms with van der Waals surface area (Å²) in [6.45, 7) is 2.05. The molecular weight excluding hydrogens is 785 g/mol. The molecule has 0 saturated carbocycles. The predicted octanol–water partition coefficient (Wildman–Crippen LogP) is 6.51. The number of hydrogen-bond acceptors (Lipinski definition) is 11. The Hall–Kier alpha value is -4.86. The van der Waals surface area contributed by atoms with E-state index in [0.29, 0.717) is 39.3 Å². The molecule has 3 fully saturated rings. The summed E-state index contributed by atoms with van der Waals surface area (Å²) in [4.78, 5) is 29.2. The minimum atomic E-state index is -1.79. The van der Waals surface area contributed by atoms with Crippen molar-refractivity contribution in [3.8, 4) is 5.75 Å². The lowest BCUT2D eigenvalue weighted by Crippen LogP contribution is -2.63. The number of anilines is 2. The number of phenolic OH excluding ortho intramolecular Hbond substituents is 1. The van der Waals surface area contributed by atoms with Gasteiger partial charge in [-0.05, 0) is 95.4 Å². The van der Waals surface area contributed by atoms with Crippen molar-refractivity contribution < 1.29 is 34.1 Å². The number of rotatable bonds is 16. The highest BCUT2D eigenvalue weighted by Crippen LogP contribution is 2.53. The van der Waals surface area contributed by atoms with Gasteiger partial charge in [-0.3, -0.25) is 4.79 Å². The fourth-order valence-corrected chi connectivity index (χ4v) is 11.2. The second kappa shape index (κ2) is 16.3. The molecule has 0 radical (unpaired) electrons. The van der Waals surface area contributed by atoms with Crippen molar-refractivity contribution in [3.63, 3.8) is 0 Å². The summed E-state index contributed by atoms with van der Waals surface area (Å²) in [5.74, 6) is -0.615. The molecule has 5 atom stereocenters. The highest BCUT2D eigenvalue weighted by Gasteiger charge is 2.72. The molecule has 6 N–H and O–H groups in total. The number of aromatic nitrogens is 1. The Bertz CT molecular complexity index is 2400. The average molecular weight is 834 g/mol. The third-order valence-electron chi connectivity index (χ3n) is 12.7. The first-order valence-electron chi connectivity index (χ1n) is 20.3. The van der Waals surface area contributed by atoms with E-state index < -0.39 is 17.7 Å². The van der Waals surface area contributed by atoms with E-state index in [9.17, 15) is 24.9 Å². The van der Waals surface area contributed by atoms with Crippen LogP contribution in [0.3, 0.4) is 0 Å². The van der Waals surface area contributed by atoms with Gasteiger partial charge < -0.3 is 44.9 Å². The number of ether oxygens (including phenoxy) is 2. The minimum absolute atomic E-state index is 0.0263. The van der Waals surface area contributed by atoms with Gasteiger partial charge in [0.05, 0.1) is 35.0 Å². The quantitative estimate of drug-likeness (QED) is 0.0277. The molecule has 0 amide bonds. The zero-order valence-corrected chi connectivity index (χ0v) is 34.4. The van der Waals surface area contributed by atoms with Crippen LogP contribution in [0.2, 0.25) is 0 Å². The summed E-state index contributed by atoms with van der Waals surface area (Å²) in [6.07, 6.45) is 3.67. The zero-order chi connectivity index (χ0) is 40.7. The molecule has 9 rings (SSSR count). The van der Waals surface area contributed by atoms with Crippen LogP contribution in [0, 0.1) is 0 Å². The Morgan fingerprint density at radius 2 is 1.53 bits per heavy atom. The Kier molecular flexibility index (Phi) is 10.9. The minimum Gasteiger partial charge on any atom is -0.506 e. The van der Waals surface area contributed by atoms with Crippen LogP contribution in [-0.4, -0.2) is 87.8 Å². The Morgan fingerprint density at radius 1 is 0.898 bits per heavy atom. The number of phenols is 1. The summed E-state index contributed by atoms with van der Waals surface area (Å²) in [5, 5.41) is 43.9. The third kappa shape index (κ3) is 7.84. The van der Waals surface area contributed by atoms with Crippen LogP contribution in [0.25, 0.3) is 10.9 Å². The number of carbonyl (C=O) groups excluding carboxylic acids is 1. The lowest BCUT2D eigenvalue weighted by molar-refractivity contribution is -0.956. The number of pyridine rings is 1. The number of aliphatic hydroxyl groups is 2. The second-order valence-corrected chi connectivity index (χ2v) is 18.2. The van der Waals surface area contributed by atoms with Crippen LogP contribution in [0.15, 0.2) is 113 Å². The van der Waals surface area contributed by atoms with E-state index in [-0.39, 0.29) is 41.7 Å². The standard InChI is InChI=1S/C46H48N4O7S2/c1-50(35-25-32(26-36(50)44-43(35)57-44)56-45(54)46(55,39-6-3-23-58-39)40-7-4-24-59-40)22-2-5-28-8-12-30(13-9-28)48-31-14-10-29(11-15-31)20-21-47-27-38(52)33-16-18-37(51)42-34(33)17-19-41(53)49-42/h3-4,6-19,23-24,32,35-36,38,43-44,47-48,52,55H,2,5,20-22,25-27H2,1H3,(H-,49,51,53)/p+1/t32?,35?,36?,38-,43?,44?,50?/m0/s1. The number of likely N-dealkylation sites (N-methyl/N-ethyl adjacent to an activating group) is 1. The summed E-state index contributed by atoms with van der Waals surface area (Å²) in [7, 11) is 2.35. The highest BCUT2D eigenvalue weighted by molar-refractivity contribution is 7.12. The molecule has 6 aromatic rings. The first kappa shape index (κ1) is 39.6. The maximum Gasteiger partial charge on any atom is 0.349 e. The predicted molar refractivity (Wildman–Crippen MR) is 230 cm³/mol. The van der Waals surface area contributed by atoms with Crippen molar-refractivity contribution in [2.24, 2.45) is 0 Å². The molecule has 3 aromatic heterocycles. The van der Waals surface area contributed by atoms with Crippen molar-refractivity contribution >= 4 is 50.9 Å². The Morgan fingerprint density at radius 3 is 2.14 bits per heavy atom. The number of piperidine rings is 1. The van der Waals surface area contributed by atoms with Gasteiger partial charge in [-0.15, -0.1) is 22.7 Å². The number of epoxide rings is 1. The van der Waals surface area contributed by atoms with E-state index in [1.165, 1.54) is 45.9 Å². The summed E-state index contributed by atoms with van der Waals surface area (Å²) < 4.78 is 13.2. The number of benzene rings is 3. The normalized spacial score (nSPS) is 23.8. The Balaban J connectivity index is 0.726. The van der Waals surface area contributed by atoms with Gasteiger partial charge in [-0.25, -0.2) is 4.79 Å². The van der Waals surface area contributed by atoms with Crippen LogP contribution in [0.4, 0.5) is 11.4 Å². The second-order valence-electron chi connectivity index (χ2n) is 16.3. The molecule has 306 valence electrons. The average Bonchev–Trinajstić information content (AvgIpc) is 3.52. The number of thiophene rings is 2. The van der Waals surface area contributed by atoms with Gasteiger partial charge >= 0.3 is 5.97 Å². The first-order valence-corrected chi connectivity index (χ1v) is 22.1. The number of hydrogen-bond donors (Lipinski definition) is 6. The smallest absolute Gasteiger partial charge is 0.349 e. The topological polar surface area (TPSA) is 156 Å². The molecule has 59 heavy (non-hydrogen) atoms. The van der Waals surface area contributed by atoms with Crippen molar-refractivity contribution in [1.82, 2.24) is 10.3 Å². The molecule has 4 unspecified atom stereocenters. The number of aromatic hydroxyl groups is 1. The molecule has 3 aliphatic heterocycles.